The van der Waals surface area contributed by atoms with Crippen molar-refractivity contribution in [3.05, 3.63) is 11.2 Å². The molecule has 0 aliphatic heterocycles. The summed E-state index contributed by atoms with van der Waals surface area (Å²) in [6, 6.07) is 0. The minimum absolute atomic E-state index is 0.0730. The Balaban J connectivity index is 2.95. The molecule has 1 amide bonds. The van der Waals surface area contributed by atoms with Crippen molar-refractivity contribution in [2.75, 3.05) is 36.9 Å². The van der Waals surface area contributed by atoms with E-state index in [0.717, 1.165) is 19.4 Å². The van der Waals surface area contributed by atoms with Crippen LogP contribution in [0.2, 0.25) is 5.02 Å². The van der Waals surface area contributed by atoms with Crippen LogP contribution in [-0.4, -0.2) is 42.6 Å². The Kier molecular flexibility index (Phi) is 7.08. The molecule has 1 aromatic heterocycles. The smallest absolute Gasteiger partial charge is 0.239 e. The molecule has 0 bridgehead atoms. The average molecular weight is 300 g/mol. The summed E-state index contributed by atoms with van der Waals surface area (Å²) < 4.78 is 0. The molecular formula is C13H22ClN5O. The van der Waals surface area contributed by atoms with Gasteiger partial charge in [-0.2, -0.15) is 4.98 Å². The summed E-state index contributed by atoms with van der Waals surface area (Å²) in [4.78, 5) is 22.0. The van der Waals surface area contributed by atoms with Crippen molar-refractivity contribution in [1.82, 2.24) is 15.3 Å². The molecule has 0 aromatic carbocycles. The van der Waals surface area contributed by atoms with Crippen LogP contribution in [0.5, 0.6) is 0 Å². The van der Waals surface area contributed by atoms with E-state index in [1.165, 1.54) is 0 Å². The van der Waals surface area contributed by atoms with Crippen LogP contribution in [0.25, 0.3) is 0 Å². The quantitative estimate of drug-likeness (QED) is 0.767. The molecule has 0 unspecified atom stereocenters. The zero-order valence-electron chi connectivity index (χ0n) is 12.2. The highest BCUT2D eigenvalue weighted by Gasteiger charge is 2.15. The molecule has 0 fully saturated rings. The Hall–Kier alpha value is -1.56. The van der Waals surface area contributed by atoms with Crippen molar-refractivity contribution in [3.63, 3.8) is 0 Å². The lowest BCUT2D eigenvalue weighted by Crippen LogP contribution is -2.37. The molecule has 0 radical (unpaired) electrons. The maximum Gasteiger partial charge on any atom is 0.239 e. The summed E-state index contributed by atoms with van der Waals surface area (Å²) in [5.41, 5.74) is 0. The maximum absolute atomic E-state index is 11.6. The number of aromatic nitrogens is 2. The van der Waals surface area contributed by atoms with Gasteiger partial charge in [0.25, 0.3) is 0 Å². The van der Waals surface area contributed by atoms with Crippen molar-refractivity contribution in [2.45, 2.75) is 26.7 Å². The lowest BCUT2D eigenvalue weighted by Gasteiger charge is -2.23. The number of hydrogen-bond acceptors (Lipinski definition) is 5. The first-order valence-electron chi connectivity index (χ1n) is 6.84. The number of carbonyl (C=O) groups excluding carboxylic acids is 1. The van der Waals surface area contributed by atoms with Crippen LogP contribution in [0.3, 0.4) is 0 Å². The van der Waals surface area contributed by atoms with Crippen molar-refractivity contribution in [2.24, 2.45) is 0 Å². The number of likely N-dealkylation sites (N-methyl/N-ethyl adjacent to an activating group) is 1. The summed E-state index contributed by atoms with van der Waals surface area (Å²) in [6.07, 6.45) is 3.45. The molecule has 112 valence electrons. The number of rotatable bonds is 8. The standard InChI is InChI=1S/C13H22ClN5O/c1-4-6-16-13-17-8-10(14)12(18-13)19(7-5-2)9-11(20)15-3/h8H,4-7,9H2,1-3H3,(H,15,20)(H,16,17,18). The first-order chi connectivity index (χ1) is 9.62. The van der Waals surface area contributed by atoms with Gasteiger partial charge in [0.2, 0.25) is 11.9 Å². The molecule has 0 aliphatic rings. The second kappa shape index (κ2) is 8.58. The van der Waals surface area contributed by atoms with E-state index in [2.05, 4.69) is 27.5 Å². The van der Waals surface area contributed by atoms with Crippen LogP contribution in [-0.2, 0) is 4.79 Å². The van der Waals surface area contributed by atoms with Crippen molar-refractivity contribution in [1.29, 1.82) is 0 Å². The Morgan fingerprint density at radius 2 is 2.15 bits per heavy atom. The first-order valence-corrected chi connectivity index (χ1v) is 7.22. The minimum Gasteiger partial charge on any atom is -0.358 e. The Morgan fingerprint density at radius 3 is 2.75 bits per heavy atom. The summed E-state index contributed by atoms with van der Waals surface area (Å²) in [5.74, 6) is 1.05. The van der Waals surface area contributed by atoms with Crippen molar-refractivity contribution in [3.8, 4) is 0 Å². The average Bonchev–Trinajstić information content (AvgIpc) is 2.45. The highest BCUT2D eigenvalue weighted by atomic mass is 35.5. The molecule has 2 N–H and O–H groups in total. The first kappa shape index (κ1) is 16.5. The monoisotopic (exact) mass is 299 g/mol. The fourth-order valence-corrected chi connectivity index (χ4v) is 1.89. The van der Waals surface area contributed by atoms with E-state index in [4.69, 9.17) is 11.6 Å². The van der Waals surface area contributed by atoms with Gasteiger partial charge in [0.1, 0.15) is 5.02 Å². The number of hydrogen-bond donors (Lipinski definition) is 2. The zero-order valence-corrected chi connectivity index (χ0v) is 13.0. The summed E-state index contributed by atoms with van der Waals surface area (Å²) in [7, 11) is 1.61. The summed E-state index contributed by atoms with van der Waals surface area (Å²) in [5, 5.41) is 6.18. The topological polar surface area (TPSA) is 70.2 Å². The van der Waals surface area contributed by atoms with Gasteiger partial charge in [-0.05, 0) is 12.8 Å². The molecular weight excluding hydrogens is 278 g/mol. The summed E-state index contributed by atoms with van der Waals surface area (Å²) in [6.45, 7) is 5.84. The second-order valence-electron chi connectivity index (χ2n) is 4.39. The fourth-order valence-electron chi connectivity index (χ4n) is 1.68. The highest BCUT2D eigenvalue weighted by Crippen LogP contribution is 2.23. The predicted molar refractivity (Wildman–Crippen MR) is 82.4 cm³/mol. The molecule has 1 aromatic rings. The van der Waals surface area contributed by atoms with Crippen LogP contribution >= 0.6 is 11.6 Å². The van der Waals surface area contributed by atoms with E-state index in [-0.39, 0.29) is 12.5 Å². The highest BCUT2D eigenvalue weighted by molar-refractivity contribution is 6.32. The zero-order chi connectivity index (χ0) is 15.0. The Bertz CT molecular complexity index is 441. The van der Waals surface area contributed by atoms with Crippen molar-refractivity contribution < 1.29 is 4.79 Å². The van der Waals surface area contributed by atoms with E-state index < -0.39 is 0 Å². The van der Waals surface area contributed by atoms with Gasteiger partial charge >= 0.3 is 0 Å². The molecule has 0 spiro atoms. The number of anilines is 2. The van der Waals surface area contributed by atoms with Gasteiger partial charge in [-0.1, -0.05) is 25.4 Å². The van der Waals surface area contributed by atoms with Crippen LogP contribution in [0.1, 0.15) is 26.7 Å². The molecule has 20 heavy (non-hydrogen) atoms. The SMILES string of the molecule is CCCNc1ncc(Cl)c(N(CCC)CC(=O)NC)n1. The van der Waals surface area contributed by atoms with Crippen molar-refractivity contribution >= 4 is 29.3 Å². The van der Waals surface area contributed by atoms with Crippen LogP contribution in [0.15, 0.2) is 6.20 Å². The largest absolute Gasteiger partial charge is 0.358 e. The fraction of sp³-hybridized carbons (Fsp3) is 0.615. The molecule has 1 heterocycles. The third-order valence-corrected chi connectivity index (χ3v) is 2.93. The number of nitrogens with one attached hydrogen (secondary N) is 2. The number of halogens is 1. The number of carbonyl (C=O) groups is 1. The van der Waals surface area contributed by atoms with E-state index in [0.29, 0.717) is 23.3 Å². The molecule has 0 aliphatic carbocycles. The number of amides is 1. The van der Waals surface area contributed by atoms with Crippen LogP contribution in [0, 0.1) is 0 Å². The molecule has 0 saturated carbocycles. The predicted octanol–water partition coefficient (Wildman–Crippen LogP) is 1.91. The van der Waals surface area contributed by atoms with Crippen LogP contribution in [0.4, 0.5) is 11.8 Å². The molecule has 6 nitrogen and oxygen atoms in total. The van der Waals surface area contributed by atoms with E-state index in [1.54, 1.807) is 13.2 Å². The lowest BCUT2D eigenvalue weighted by atomic mass is 10.3. The van der Waals surface area contributed by atoms with E-state index in [1.807, 2.05) is 11.8 Å². The normalized spacial score (nSPS) is 10.2. The molecule has 1 rings (SSSR count). The van der Waals surface area contributed by atoms with Gasteiger partial charge in [-0.3, -0.25) is 4.79 Å². The van der Waals surface area contributed by atoms with Gasteiger partial charge < -0.3 is 15.5 Å². The van der Waals surface area contributed by atoms with Gasteiger partial charge in [-0.15, -0.1) is 0 Å². The van der Waals surface area contributed by atoms with Gasteiger partial charge in [0.15, 0.2) is 5.82 Å². The Labute approximate surface area is 124 Å². The molecule has 0 atom stereocenters. The van der Waals surface area contributed by atoms with E-state index >= 15 is 0 Å². The van der Waals surface area contributed by atoms with Gasteiger partial charge in [0.05, 0.1) is 12.7 Å². The Morgan fingerprint density at radius 1 is 1.40 bits per heavy atom. The van der Waals surface area contributed by atoms with Gasteiger partial charge in [-0.25, -0.2) is 4.98 Å². The third kappa shape index (κ3) is 4.85. The van der Waals surface area contributed by atoms with Crippen LogP contribution < -0.4 is 15.5 Å². The second-order valence-corrected chi connectivity index (χ2v) is 4.79. The summed E-state index contributed by atoms with van der Waals surface area (Å²) >= 11 is 6.16. The molecule has 7 heteroatoms. The maximum atomic E-state index is 11.6. The molecule has 0 saturated heterocycles. The van der Waals surface area contributed by atoms with Gasteiger partial charge in [0, 0.05) is 20.1 Å². The lowest BCUT2D eigenvalue weighted by molar-refractivity contribution is -0.119. The third-order valence-electron chi connectivity index (χ3n) is 2.67. The minimum atomic E-state index is -0.0730. The van der Waals surface area contributed by atoms with E-state index in [9.17, 15) is 4.79 Å². The number of nitrogens with zero attached hydrogens (tertiary/aromatic N) is 3.